The molecule has 2 amide bonds. The molecule has 2 aromatic rings. The molecule has 8 heteroatoms. The van der Waals surface area contributed by atoms with Crippen LogP contribution in [0.2, 0.25) is 0 Å². The molecular formula is C21H25N3O4S. The van der Waals surface area contributed by atoms with Crippen molar-refractivity contribution >= 4 is 33.2 Å². The van der Waals surface area contributed by atoms with Gasteiger partial charge in [0.2, 0.25) is 21.8 Å². The molecule has 0 aliphatic carbocycles. The van der Waals surface area contributed by atoms with E-state index in [-0.39, 0.29) is 17.3 Å². The lowest BCUT2D eigenvalue weighted by atomic mass is 10.1. The predicted octanol–water partition coefficient (Wildman–Crippen LogP) is 2.69. The van der Waals surface area contributed by atoms with Crippen LogP contribution < -0.4 is 10.2 Å². The van der Waals surface area contributed by atoms with Crippen molar-refractivity contribution in [1.82, 2.24) is 4.31 Å². The second-order valence-electron chi connectivity index (χ2n) is 7.22. The number of hydrogen-bond donors (Lipinski definition) is 1. The van der Waals surface area contributed by atoms with E-state index in [9.17, 15) is 18.0 Å². The molecule has 1 fully saturated rings. The smallest absolute Gasteiger partial charge is 0.243 e. The number of nitrogens with zero attached hydrogens (tertiary/aromatic N) is 2. The van der Waals surface area contributed by atoms with Gasteiger partial charge in [-0.05, 0) is 55.7 Å². The molecule has 2 aromatic carbocycles. The summed E-state index contributed by atoms with van der Waals surface area (Å²) in [7, 11) is -2.42. The number of sulfonamides is 1. The van der Waals surface area contributed by atoms with Gasteiger partial charge in [-0.1, -0.05) is 18.2 Å². The zero-order valence-corrected chi connectivity index (χ0v) is 17.6. The van der Waals surface area contributed by atoms with Crippen molar-refractivity contribution in [3.05, 3.63) is 53.6 Å². The van der Waals surface area contributed by atoms with Gasteiger partial charge < -0.3 is 10.2 Å². The lowest BCUT2D eigenvalue weighted by molar-refractivity contribution is -0.117. The molecule has 1 aliphatic heterocycles. The van der Waals surface area contributed by atoms with Gasteiger partial charge >= 0.3 is 0 Å². The van der Waals surface area contributed by atoms with E-state index in [2.05, 4.69) is 5.32 Å². The maximum Gasteiger partial charge on any atom is 0.243 e. The Morgan fingerprint density at radius 1 is 1.14 bits per heavy atom. The highest BCUT2D eigenvalue weighted by Crippen LogP contribution is 2.29. The van der Waals surface area contributed by atoms with Crippen molar-refractivity contribution < 1.29 is 18.0 Å². The summed E-state index contributed by atoms with van der Waals surface area (Å²) in [5.74, 6) is -0.458. The highest BCUT2D eigenvalue weighted by atomic mass is 32.2. The molecule has 7 nitrogen and oxygen atoms in total. The van der Waals surface area contributed by atoms with Crippen molar-refractivity contribution in [1.29, 1.82) is 0 Å². The number of rotatable bonds is 6. The van der Waals surface area contributed by atoms with E-state index in [4.69, 9.17) is 0 Å². The van der Waals surface area contributed by atoms with Crippen LogP contribution >= 0.6 is 0 Å². The van der Waals surface area contributed by atoms with Gasteiger partial charge in [0.05, 0.1) is 22.8 Å². The van der Waals surface area contributed by atoms with Crippen LogP contribution in [0, 0.1) is 13.8 Å². The number of para-hydroxylation sites is 2. The maximum absolute atomic E-state index is 12.8. The Labute approximate surface area is 171 Å². The summed E-state index contributed by atoms with van der Waals surface area (Å²) in [4.78, 5) is 26.4. The Hall–Kier alpha value is -2.71. The summed E-state index contributed by atoms with van der Waals surface area (Å²) in [6.07, 6.45) is 1.26. The summed E-state index contributed by atoms with van der Waals surface area (Å²) in [6.45, 7) is 4.02. The first kappa shape index (κ1) is 21.0. The monoisotopic (exact) mass is 415 g/mol. The molecule has 0 saturated carbocycles. The Bertz CT molecular complexity index is 1050. The number of carbonyl (C=O) groups excluding carboxylic acids is 2. The highest BCUT2D eigenvalue weighted by Gasteiger charge is 2.26. The number of benzene rings is 2. The van der Waals surface area contributed by atoms with Crippen LogP contribution in [0.4, 0.5) is 11.4 Å². The molecule has 0 spiro atoms. The molecule has 0 aromatic heterocycles. The fourth-order valence-corrected chi connectivity index (χ4v) is 4.46. The van der Waals surface area contributed by atoms with Crippen LogP contribution in [-0.2, 0) is 19.6 Å². The second kappa shape index (κ2) is 8.34. The summed E-state index contributed by atoms with van der Waals surface area (Å²) in [5, 5.41) is 2.74. The van der Waals surface area contributed by atoms with Gasteiger partial charge in [0, 0.05) is 20.0 Å². The van der Waals surface area contributed by atoms with Crippen LogP contribution in [0.1, 0.15) is 24.0 Å². The Balaban J connectivity index is 1.74. The fourth-order valence-electron chi connectivity index (χ4n) is 3.25. The van der Waals surface area contributed by atoms with Crippen molar-refractivity contribution in [2.75, 3.05) is 30.4 Å². The molecule has 0 unspecified atom stereocenters. The van der Waals surface area contributed by atoms with E-state index in [1.165, 1.54) is 7.05 Å². The number of anilines is 2. The molecule has 1 heterocycles. The first-order chi connectivity index (χ1) is 13.7. The summed E-state index contributed by atoms with van der Waals surface area (Å²) < 4.78 is 26.6. The lowest BCUT2D eigenvalue weighted by Crippen LogP contribution is -2.35. The van der Waals surface area contributed by atoms with E-state index in [1.54, 1.807) is 47.4 Å². The average Bonchev–Trinajstić information content (AvgIpc) is 3.10. The molecule has 0 radical (unpaired) electrons. The predicted molar refractivity (Wildman–Crippen MR) is 112 cm³/mol. The van der Waals surface area contributed by atoms with E-state index in [0.717, 1.165) is 21.9 Å². The molecule has 1 aliphatic rings. The highest BCUT2D eigenvalue weighted by molar-refractivity contribution is 7.89. The number of nitrogens with one attached hydrogen (secondary N) is 1. The normalized spacial score (nSPS) is 14.5. The van der Waals surface area contributed by atoms with Crippen LogP contribution in [0.15, 0.2) is 47.4 Å². The van der Waals surface area contributed by atoms with E-state index in [0.29, 0.717) is 24.3 Å². The van der Waals surface area contributed by atoms with Gasteiger partial charge in [-0.3, -0.25) is 9.59 Å². The van der Waals surface area contributed by atoms with Crippen LogP contribution in [0.3, 0.4) is 0 Å². The number of amides is 2. The van der Waals surface area contributed by atoms with Crippen LogP contribution in [0.25, 0.3) is 0 Å². The number of carbonyl (C=O) groups is 2. The summed E-state index contributed by atoms with van der Waals surface area (Å²) >= 11 is 0. The van der Waals surface area contributed by atoms with E-state index < -0.39 is 15.9 Å². The molecule has 1 N–H and O–H groups in total. The topological polar surface area (TPSA) is 86.8 Å². The zero-order chi connectivity index (χ0) is 21.2. The number of likely N-dealkylation sites (N-methyl/N-ethyl adjacent to an activating group) is 1. The van der Waals surface area contributed by atoms with Gasteiger partial charge in [-0.15, -0.1) is 0 Å². The molecule has 1 saturated heterocycles. The third-order valence-electron chi connectivity index (χ3n) is 5.10. The quantitative estimate of drug-likeness (QED) is 0.786. The summed E-state index contributed by atoms with van der Waals surface area (Å²) in [6, 6.07) is 11.9. The third-order valence-corrected chi connectivity index (χ3v) is 6.89. The molecule has 0 atom stereocenters. The van der Waals surface area contributed by atoms with Crippen molar-refractivity contribution in [2.24, 2.45) is 0 Å². The molecule has 3 rings (SSSR count). The van der Waals surface area contributed by atoms with Gasteiger partial charge in [-0.2, -0.15) is 4.31 Å². The minimum atomic E-state index is -3.79. The largest absolute Gasteiger partial charge is 0.323 e. The summed E-state index contributed by atoms with van der Waals surface area (Å²) in [5.41, 5.74) is 2.98. The fraction of sp³-hybridized carbons (Fsp3) is 0.333. The number of aryl methyl sites for hydroxylation is 2. The van der Waals surface area contributed by atoms with Crippen molar-refractivity contribution in [3.63, 3.8) is 0 Å². The minimum absolute atomic E-state index is 0.0149. The maximum atomic E-state index is 12.8. The van der Waals surface area contributed by atoms with Crippen LogP contribution in [0.5, 0.6) is 0 Å². The standard InChI is InChI=1S/C21H25N3O4S/c1-15-10-11-17(13-16(15)2)29(27,28)23(3)14-20(25)22-18-7-4-5-8-19(18)24-12-6-9-21(24)26/h4-5,7-8,10-11,13H,6,9,12,14H2,1-3H3,(H,22,25). The first-order valence-electron chi connectivity index (χ1n) is 9.43. The first-order valence-corrected chi connectivity index (χ1v) is 10.9. The molecule has 29 heavy (non-hydrogen) atoms. The average molecular weight is 416 g/mol. The Kier molecular flexibility index (Phi) is 6.04. The molecular weight excluding hydrogens is 390 g/mol. The van der Waals surface area contributed by atoms with Gasteiger partial charge in [0.25, 0.3) is 0 Å². The minimum Gasteiger partial charge on any atom is -0.323 e. The van der Waals surface area contributed by atoms with E-state index in [1.807, 2.05) is 13.8 Å². The van der Waals surface area contributed by atoms with Crippen molar-refractivity contribution in [3.8, 4) is 0 Å². The number of hydrogen-bond acceptors (Lipinski definition) is 4. The Morgan fingerprint density at radius 3 is 2.52 bits per heavy atom. The van der Waals surface area contributed by atoms with Crippen LogP contribution in [-0.4, -0.2) is 44.7 Å². The Morgan fingerprint density at radius 2 is 1.86 bits per heavy atom. The zero-order valence-electron chi connectivity index (χ0n) is 16.8. The van der Waals surface area contributed by atoms with Gasteiger partial charge in [-0.25, -0.2) is 8.42 Å². The van der Waals surface area contributed by atoms with E-state index >= 15 is 0 Å². The van der Waals surface area contributed by atoms with Gasteiger partial charge in [0.1, 0.15) is 0 Å². The molecule has 154 valence electrons. The van der Waals surface area contributed by atoms with Crippen molar-refractivity contribution in [2.45, 2.75) is 31.6 Å². The SMILES string of the molecule is Cc1ccc(S(=O)(=O)N(C)CC(=O)Nc2ccccc2N2CCCC2=O)cc1C. The lowest BCUT2D eigenvalue weighted by Gasteiger charge is -2.21. The second-order valence-corrected chi connectivity index (χ2v) is 9.27. The van der Waals surface area contributed by atoms with Gasteiger partial charge in [0.15, 0.2) is 0 Å². The molecule has 0 bridgehead atoms. The third kappa shape index (κ3) is 4.49.